The summed E-state index contributed by atoms with van der Waals surface area (Å²) < 4.78 is 0. The van der Waals surface area contributed by atoms with Crippen molar-refractivity contribution in [3.63, 3.8) is 0 Å². The van der Waals surface area contributed by atoms with E-state index in [-0.39, 0.29) is 17.9 Å². The van der Waals surface area contributed by atoms with Crippen LogP contribution in [-0.2, 0) is 9.59 Å². The van der Waals surface area contributed by atoms with Crippen LogP contribution in [0.4, 0.5) is 0 Å². The number of piperidine rings is 1. The van der Waals surface area contributed by atoms with Crippen LogP contribution in [0, 0.1) is 5.92 Å². The Bertz CT molecular complexity index is 276. The molecule has 0 aromatic heterocycles. The lowest BCUT2D eigenvalue weighted by Gasteiger charge is -2.34. The Kier molecular flexibility index (Phi) is 3.59. The Labute approximate surface area is 96.4 Å². The largest absolute Gasteiger partial charge is 0.352 e. The first-order chi connectivity index (χ1) is 7.70. The van der Waals surface area contributed by atoms with Crippen molar-refractivity contribution in [1.29, 1.82) is 0 Å². The maximum Gasteiger partial charge on any atom is 0.237 e. The lowest BCUT2D eigenvalue weighted by Crippen LogP contribution is -2.49. The summed E-state index contributed by atoms with van der Waals surface area (Å²) in [5.74, 6) is 0.235. The molecule has 0 radical (unpaired) electrons. The summed E-state index contributed by atoms with van der Waals surface area (Å²) in [4.78, 5) is 24.7. The third kappa shape index (κ3) is 2.82. The molecular formula is C12H20N2O2. The number of likely N-dealkylation sites (tertiary alicyclic amines) is 1. The van der Waals surface area contributed by atoms with Crippen molar-refractivity contribution in [3.8, 4) is 0 Å². The summed E-state index contributed by atoms with van der Waals surface area (Å²) in [5.41, 5.74) is 0. The molecule has 1 amide bonds. The van der Waals surface area contributed by atoms with E-state index in [1.54, 1.807) is 0 Å². The molecule has 1 N–H and O–H groups in total. The topological polar surface area (TPSA) is 49.4 Å². The van der Waals surface area contributed by atoms with E-state index in [1.807, 2.05) is 6.92 Å². The van der Waals surface area contributed by atoms with Crippen molar-refractivity contribution in [1.82, 2.24) is 10.2 Å². The van der Waals surface area contributed by atoms with Crippen LogP contribution in [0.3, 0.4) is 0 Å². The lowest BCUT2D eigenvalue weighted by atomic mass is 9.98. The molecule has 2 aliphatic rings. The first-order valence-corrected chi connectivity index (χ1v) is 6.20. The first-order valence-electron chi connectivity index (χ1n) is 6.20. The van der Waals surface area contributed by atoms with Crippen LogP contribution in [0.2, 0.25) is 0 Å². The fourth-order valence-corrected chi connectivity index (χ4v) is 2.22. The zero-order valence-electron chi connectivity index (χ0n) is 9.82. The van der Waals surface area contributed by atoms with E-state index in [4.69, 9.17) is 0 Å². The fraction of sp³-hybridized carbons (Fsp3) is 0.833. The van der Waals surface area contributed by atoms with Gasteiger partial charge in [-0.25, -0.2) is 0 Å². The van der Waals surface area contributed by atoms with Crippen molar-refractivity contribution in [3.05, 3.63) is 0 Å². The van der Waals surface area contributed by atoms with Gasteiger partial charge < -0.3 is 10.1 Å². The van der Waals surface area contributed by atoms with E-state index >= 15 is 0 Å². The maximum atomic E-state index is 11.8. The second-order valence-corrected chi connectivity index (χ2v) is 4.99. The normalized spacial score (nSPS) is 28.4. The van der Waals surface area contributed by atoms with Crippen molar-refractivity contribution < 1.29 is 9.59 Å². The summed E-state index contributed by atoms with van der Waals surface area (Å²) in [6, 6.07) is 0.324. The number of hydrogen-bond acceptors (Lipinski definition) is 3. The molecule has 2 unspecified atom stereocenters. The molecule has 2 fully saturated rings. The van der Waals surface area contributed by atoms with Gasteiger partial charge >= 0.3 is 0 Å². The van der Waals surface area contributed by atoms with Gasteiger partial charge in [0.25, 0.3) is 0 Å². The number of rotatable bonds is 4. The molecule has 0 spiro atoms. The summed E-state index contributed by atoms with van der Waals surface area (Å²) in [5, 5.41) is 3.01. The van der Waals surface area contributed by atoms with E-state index in [9.17, 15) is 9.59 Å². The van der Waals surface area contributed by atoms with E-state index in [1.165, 1.54) is 0 Å². The molecular weight excluding hydrogens is 204 g/mol. The molecule has 0 aromatic carbocycles. The minimum atomic E-state index is -0.0941. The van der Waals surface area contributed by atoms with Gasteiger partial charge in [-0.2, -0.15) is 0 Å². The Hall–Kier alpha value is -0.900. The molecule has 1 heterocycles. The lowest BCUT2D eigenvalue weighted by molar-refractivity contribution is -0.127. The number of nitrogens with zero attached hydrogens (tertiary/aromatic N) is 1. The zero-order valence-corrected chi connectivity index (χ0v) is 9.82. The van der Waals surface area contributed by atoms with Crippen molar-refractivity contribution in [2.24, 2.45) is 5.92 Å². The highest BCUT2D eigenvalue weighted by Gasteiger charge is 2.30. The standard InChI is InChI=1S/C12H20N2O2/c1-9(12(16)13-11-4-5-11)14-6-2-3-10(7-14)8-15/h8-11H,2-7H2,1H3,(H,13,16). The Balaban J connectivity index is 1.84. The Morgan fingerprint density at radius 2 is 2.19 bits per heavy atom. The molecule has 4 heteroatoms. The van der Waals surface area contributed by atoms with Crippen LogP contribution in [0.15, 0.2) is 0 Å². The second kappa shape index (κ2) is 4.95. The van der Waals surface area contributed by atoms with E-state index in [2.05, 4.69) is 10.2 Å². The van der Waals surface area contributed by atoms with Crippen LogP contribution >= 0.6 is 0 Å². The van der Waals surface area contributed by atoms with Gasteiger partial charge in [-0.3, -0.25) is 9.69 Å². The van der Waals surface area contributed by atoms with Crippen molar-refractivity contribution >= 4 is 12.2 Å². The Morgan fingerprint density at radius 3 is 2.81 bits per heavy atom. The van der Waals surface area contributed by atoms with E-state index in [0.29, 0.717) is 6.04 Å². The highest BCUT2D eigenvalue weighted by molar-refractivity contribution is 5.81. The monoisotopic (exact) mass is 224 g/mol. The molecule has 1 saturated heterocycles. The zero-order chi connectivity index (χ0) is 11.5. The van der Waals surface area contributed by atoms with E-state index in [0.717, 1.165) is 45.1 Å². The summed E-state index contributed by atoms with van der Waals surface area (Å²) in [6.07, 6.45) is 5.25. The molecule has 1 aliphatic heterocycles. The number of amides is 1. The van der Waals surface area contributed by atoms with Crippen molar-refractivity contribution in [2.75, 3.05) is 13.1 Å². The third-order valence-electron chi connectivity index (χ3n) is 3.53. The smallest absolute Gasteiger partial charge is 0.237 e. The van der Waals surface area contributed by atoms with Gasteiger partial charge in [0.15, 0.2) is 0 Å². The van der Waals surface area contributed by atoms with Gasteiger partial charge in [0, 0.05) is 18.5 Å². The van der Waals surface area contributed by atoms with Crippen LogP contribution in [-0.4, -0.2) is 42.3 Å². The predicted octanol–water partition coefficient (Wildman–Crippen LogP) is 0.564. The first kappa shape index (κ1) is 11.6. The molecule has 0 aromatic rings. The van der Waals surface area contributed by atoms with Gasteiger partial charge in [0.1, 0.15) is 6.29 Å². The molecule has 2 rings (SSSR count). The van der Waals surface area contributed by atoms with Crippen LogP contribution in [0.5, 0.6) is 0 Å². The molecule has 0 bridgehead atoms. The van der Waals surface area contributed by atoms with Crippen molar-refractivity contribution in [2.45, 2.75) is 44.7 Å². The van der Waals surface area contributed by atoms with Gasteiger partial charge in [-0.15, -0.1) is 0 Å². The minimum Gasteiger partial charge on any atom is -0.352 e. The average molecular weight is 224 g/mol. The number of carbonyl (C=O) groups excluding carboxylic acids is 2. The van der Waals surface area contributed by atoms with Crippen LogP contribution in [0.25, 0.3) is 0 Å². The molecule has 2 atom stereocenters. The summed E-state index contributed by atoms with van der Waals surface area (Å²) >= 11 is 0. The van der Waals surface area contributed by atoms with Gasteiger partial charge in [0.05, 0.1) is 6.04 Å². The molecule has 90 valence electrons. The highest BCUT2D eigenvalue weighted by atomic mass is 16.2. The van der Waals surface area contributed by atoms with Crippen LogP contribution in [0.1, 0.15) is 32.6 Å². The number of aldehydes is 1. The highest BCUT2D eigenvalue weighted by Crippen LogP contribution is 2.20. The molecule has 1 aliphatic carbocycles. The average Bonchev–Trinajstić information content (AvgIpc) is 3.12. The van der Waals surface area contributed by atoms with Gasteiger partial charge in [0.2, 0.25) is 5.91 Å². The third-order valence-corrected chi connectivity index (χ3v) is 3.53. The summed E-state index contributed by atoms with van der Waals surface area (Å²) in [6.45, 7) is 3.61. The second-order valence-electron chi connectivity index (χ2n) is 4.99. The van der Waals surface area contributed by atoms with Gasteiger partial charge in [-0.05, 0) is 39.2 Å². The van der Waals surface area contributed by atoms with E-state index < -0.39 is 0 Å². The molecule has 1 saturated carbocycles. The predicted molar refractivity (Wildman–Crippen MR) is 61.0 cm³/mol. The number of hydrogen-bond donors (Lipinski definition) is 1. The van der Waals surface area contributed by atoms with Gasteiger partial charge in [-0.1, -0.05) is 0 Å². The number of nitrogens with one attached hydrogen (secondary N) is 1. The maximum absolute atomic E-state index is 11.8. The molecule has 16 heavy (non-hydrogen) atoms. The SMILES string of the molecule is CC(C(=O)NC1CC1)N1CCCC(C=O)C1. The summed E-state index contributed by atoms with van der Waals surface area (Å²) in [7, 11) is 0. The fourth-order valence-electron chi connectivity index (χ4n) is 2.22. The molecule has 4 nitrogen and oxygen atoms in total. The minimum absolute atomic E-state index is 0.0941. The number of carbonyl (C=O) groups is 2. The van der Waals surface area contributed by atoms with Crippen LogP contribution < -0.4 is 5.32 Å². The quantitative estimate of drug-likeness (QED) is 0.710. The Morgan fingerprint density at radius 1 is 1.44 bits per heavy atom.